The zero-order chi connectivity index (χ0) is 18.8. The number of fused-ring (bicyclic) bond motifs is 1. The summed E-state index contributed by atoms with van der Waals surface area (Å²) in [5.74, 6) is 3.04. The maximum absolute atomic E-state index is 4.59. The molecule has 5 rings (SSSR count). The maximum atomic E-state index is 4.59. The lowest BCUT2D eigenvalue weighted by atomic mass is 9.95. The summed E-state index contributed by atoms with van der Waals surface area (Å²) in [7, 11) is 0. The smallest absolute Gasteiger partial charge is 0.136 e. The lowest BCUT2D eigenvalue weighted by molar-refractivity contribution is 0.200. The van der Waals surface area contributed by atoms with Gasteiger partial charge in [0.05, 0.1) is 6.33 Å². The summed E-state index contributed by atoms with van der Waals surface area (Å²) < 4.78 is 4.47. The van der Waals surface area contributed by atoms with Gasteiger partial charge in [0.2, 0.25) is 0 Å². The average Bonchev–Trinajstić information content (AvgIpc) is 3.35. The molecule has 0 amide bonds. The molecule has 1 aromatic carbocycles. The van der Waals surface area contributed by atoms with Crippen molar-refractivity contribution in [3.05, 3.63) is 60.2 Å². The van der Waals surface area contributed by atoms with Crippen LogP contribution in [0.25, 0.3) is 5.69 Å². The highest BCUT2D eigenvalue weighted by atomic mass is 15.3. The Morgan fingerprint density at radius 2 is 1.79 bits per heavy atom. The third-order valence-electron chi connectivity index (χ3n) is 6.24. The summed E-state index contributed by atoms with van der Waals surface area (Å²) >= 11 is 0. The van der Waals surface area contributed by atoms with Crippen molar-refractivity contribution in [1.82, 2.24) is 29.2 Å². The summed E-state index contributed by atoms with van der Waals surface area (Å²) in [5, 5.41) is 9.09. The van der Waals surface area contributed by atoms with Gasteiger partial charge in [0, 0.05) is 43.5 Å². The number of likely N-dealkylation sites (tertiary alicyclic amines) is 1. The molecule has 28 heavy (non-hydrogen) atoms. The van der Waals surface area contributed by atoms with Crippen molar-refractivity contribution in [2.24, 2.45) is 0 Å². The maximum Gasteiger partial charge on any atom is 0.136 e. The van der Waals surface area contributed by atoms with Crippen LogP contribution in [0, 0.1) is 0 Å². The fourth-order valence-electron chi connectivity index (χ4n) is 4.60. The molecule has 2 aliphatic heterocycles. The fraction of sp³-hybridized carbons (Fsp3) is 0.500. The molecule has 1 saturated heterocycles. The lowest BCUT2D eigenvalue weighted by Crippen LogP contribution is -2.33. The highest BCUT2D eigenvalue weighted by Gasteiger charge is 2.26. The van der Waals surface area contributed by atoms with E-state index >= 15 is 0 Å². The number of rotatable bonds is 4. The second kappa shape index (κ2) is 7.87. The van der Waals surface area contributed by atoms with E-state index in [1.54, 1.807) is 0 Å². The third kappa shape index (κ3) is 3.61. The van der Waals surface area contributed by atoms with Crippen molar-refractivity contribution in [1.29, 1.82) is 0 Å². The van der Waals surface area contributed by atoms with Crippen molar-refractivity contribution < 1.29 is 0 Å². The lowest BCUT2D eigenvalue weighted by Gasteiger charge is -2.31. The Bertz CT molecular complexity index is 888. The Morgan fingerprint density at radius 1 is 0.929 bits per heavy atom. The molecule has 2 aromatic heterocycles. The van der Waals surface area contributed by atoms with E-state index in [-0.39, 0.29) is 0 Å². The molecular formula is C22H28N6. The van der Waals surface area contributed by atoms with Crippen LogP contribution in [-0.2, 0) is 19.5 Å². The van der Waals surface area contributed by atoms with Gasteiger partial charge in [0.1, 0.15) is 11.6 Å². The first-order chi connectivity index (χ1) is 13.9. The van der Waals surface area contributed by atoms with Crippen LogP contribution in [0.5, 0.6) is 0 Å². The SMILES string of the molecule is c1cn(-c2ccc(CN3CCC(c4nnc5n4CCCCC5)CC3)cc2)cn1. The normalized spacial score (nSPS) is 18.7. The van der Waals surface area contributed by atoms with Gasteiger partial charge in [-0.3, -0.25) is 4.90 Å². The first kappa shape index (κ1) is 17.6. The van der Waals surface area contributed by atoms with Gasteiger partial charge in [-0.2, -0.15) is 0 Å². The van der Waals surface area contributed by atoms with Gasteiger partial charge < -0.3 is 9.13 Å². The van der Waals surface area contributed by atoms with E-state index in [4.69, 9.17) is 0 Å². The van der Waals surface area contributed by atoms with E-state index in [0.29, 0.717) is 5.92 Å². The molecule has 0 radical (unpaired) electrons. The number of nitrogens with zero attached hydrogens (tertiary/aromatic N) is 6. The van der Waals surface area contributed by atoms with Crippen LogP contribution >= 0.6 is 0 Å². The van der Waals surface area contributed by atoms with Gasteiger partial charge in [-0.1, -0.05) is 18.6 Å². The fourth-order valence-corrected chi connectivity index (χ4v) is 4.60. The second-order valence-corrected chi connectivity index (χ2v) is 8.12. The van der Waals surface area contributed by atoms with Crippen LogP contribution in [0.4, 0.5) is 0 Å². The van der Waals surface area contributed by atoms with Crippen LogP contribution < -0.4 is 0 Å². The topological polar surface area (TPSA) is 51.8 Å². The number of aromatic nitrogens is 5. The predicted molar refractivity (Wildman–Crippen MR) is 108 cm³/mol. The van der Waals surface area contributed by atoms with Gasteiger partial charge in [0.25, 0.3) is 0 Å². The number of hydrogen-bond acceptors (Lipinski definition) is 4. The second-order valence-electron chi connectivity index (χ2n) is 8.12. The first-order valence-corrected chi connectivity index (χ1v) is 10.6. The summed E-state index contributed by atoms with van der Waals surface area (Å²) in [6.07, 6.45) is 12.9. The van der Waals surface area contributed by atoms with E-state index in [1.807, 2.05) is 23.3 Å². The number of benzene rings is 1. The number of imidazole rings is 1. The van der Waals surface area contributed by atoms with Crippen molar-refractivity contribution in [3.63, 3.8) is 0 Å². The minimum atomic E-state index is 0.569. The molecule has 0 spiro atoms. The Labute approximate surface area is 166 Å². The zero-order valence-electron chi connectivity index (χ0n) is 16.4. The molecule has 0 N–H and O–H groups in total. The van der Waals surface area contributed by atoms with Crippen molar-refractivity contribution >= 4 is 0 Å². The highest BCUT2D eigenvalue weighted by Crippen LogP contribution is 2.29. The van der Waals surface area contributed by atoms with Gasteiger partial charge in [-0.05, 0) is 56.5 Å². The Balaban J connectivity index is 1.19. The van der Waals surface area contributed by atoms with E-state index < -0.39 is 0 Å². The first-order valence-electron chi connectivity index (χ1n) is 10.6. The quantitative estimate of drug-likeness (QED) is 0.698. The molecule has 6 nitrogen and oxygen atoms in total. The van der Waals surface area contributed by atoms with Crippen LogP contribution in [0.15, 0.2) is 43.0 Å². The van der Waals surface area contributed by atoms with E-state index in [1.165, 1.54) is 49.3 Å². The summed E-state index contributed by atoms with van der Waals surface area (Å²) in [6.45, 7) is 4.41. The van der Waals surface area contributed by atoms with E-state index in [0.717, 1.165) is 38.3 Å². The zero-order valence-corrected chi connectivity index (χ0v) is 16.4. The number of piperidine rings is 1. The van der Waals surface area contributed by atoms with Crippen LogP contribution in [0.3, 0.4) is 0 Å². The number of hydrogen-bond donors (Lipinski definition) is 0. The molecule has 1 fully saturated rings. The molecule has 6 heteroatoms. The predicted octanol–water partition coefficient (Wildman–Crippen LogP) is 3.57. The third-order valence-corrected chi connectivity index (χ3v) is 6.24. The van der Waals surface area contributed by atoms with E-state index in [9.17, 15) is 0 Å². The molecule has 0 bridgehead atoms. The molecule has 4 heterocycles. The standard InChI is InChI=1S/C22H28N6/c1-2-4-21-24-25-22(28(21)12-3-1)19-9-13-26(14-10-19)16-18-5-7-20(8-6-18)27-15-11-23-17-27/h5-8,11,15,17,19H,1-4,9-10,12-14,16H2. The van der Waals surface area contributed by atoms with Gasteiger partial charge in [0.15, 0.2) is 0 Å². The van der Waals surface area contributed by atoms with E-state index in [2.05, 4.69) is 48.9 Å². The average molecular weight is 377 g/mol. The summed E-state index contributed by atoms with van der Waals surface area (Å²) in [5.41, 5.74) is 2.53. The Kier molecular flexibility index (Phi) is 4.95. The monoisotopic (exact) mass is 376 g/mol. The minimum absolute atomic E-state index is 0.569. The molecule has 0 saturated carbocycles. The minimum Gasteiger partial charge on any atom is -0.315 e. The molecular weight excluding hydrogens is 348 g/mol. The highest BCUT2D eigenvalue weighted by molar-refractivity contribution is 5.34. The molecule has 2 aliphatic rings. The van der Waals surface area contributed by atoms with Crippen LogP contribution in [0.1, 0.15) is 55.2 Å². The summed E-state index contributed by atoms with van der Waals surface area (Å²) in [6, 6.07) is 8.82. The Morgan fingerprint density at radius 3 is 2.57 bits per heavy atom. The van der Waals surface area contributed by atoms with Crippen molar-refractivity contribution in [3.8, 4) is 5.69 Å². The molecule has 3 aromatic rings. The summed E-state index contributed by atoms with van der Waals surface area (Å²) in [4.78, 5) is 6.69. The van der Waals surface area contributed by atoms with Gasteiger partial charge >= 0.3 is 0 Å². The van der Waals surface area contributed by atoms with Crippen LogP contribution in [-0.4, -0.2) is 42.3 Å². The molecule has 0 aliphatic carbocycles. The molecule has 146 valence electrons. The molecule has 0 unspecified atom stereocenters. The van der Waals surface area contributed by atoms with Gasteiger partial charge in [-0.25, -0.2) is 4.98 Å². The van der Waals surface area contributed by atoms with Crippen molar-refractivity contribution in [2.45, 2.75) is 57.5 Å². The van der Waals surface area contributed by atoms with Gasteiger partial charge in [-0.15, -0.1) is 10.2 Å². The Hall–Kier alpha value is -2.47. The largest absolute Gasteiger partial charge is 0.315 e. The van der Waals surface area contributed by atoms with Crippen molar-refractivity contribution in [2.75, 3.05) is 13.1 Å². The van der Waals surface area contributed by atoms with Crippen LogP contribution in [0.2, 0.25) is 0 Å². The number of aryl methyl sites for hydroxylation is 1. The molecule has 0 atom stereocenters.